The van der Waals surface area contributed by atoms with Crippen LogP contribution in [-0.2, 0) is 19.3 Å². The maximum atomic E-state index is 13.3. The summed E-state index contributed by atoms with van der Waals surface area (Å²) in [6.45, 7) is 0. The van der Waals surface area contributed by atoms with Gasteiger partial charge in [-0.1, -0.05) is 23.7 Å². The Hall–Kier alpha value is -1.19. The highest BCUT2D eigenvalue weighted by atomic mass is 35.5. The van der Waals surface area contributed by atoms with Gasteiger partial charge in [-0.3, -0.25) is 4.79 Å². The van der Waals surface area contributed by atoms with Crippen LogP contribution in [-0.4, -0.2) is 5.78 Å². The van der Waals surface area contributed by atoms with Crippen molar-refractivity contribution in [1.82, 2.24) is 0 Å². The van der Waals surface area contributed by atoms with E-state index in [0.717, 1.165) is 17.7 Å². The second-order valence-electron chi connectivity index (χ2n) is 4.73. The summed E-state index contributed by atoms with van der Waals surface area (Å²) in [7, 11) is 0. The lowest BCUT2D eigenvalue weighted by molar-refractivity contribution is 0.0996. The Morgan fingerprint density at radius 2 is 2.21 bits per heavy atom. The van der Waals surface area contributed by atoms with E-state index in [2.05, 4.69) is 0 Å². The van der Waals surface area contributed by atoms with Crippen LogP contribution in [0.1, 0.15) is 32.1 Å². The summed E-state index contributed by atoms with van der Waals surface area (Å²) in [4.78, 5) is 14.3. The molecular weight excluding hydrogens is 283 g/mol. The van der Waals surface area contributed by atoms with Crippen molar-refractivity contribution in [3.8, 4) is 0 Å². The Morgan fingerprint density at radius 3 is 3.00 bits per heavy atom. The molecule has 0 saturated heterocycles. The predicted octanol–water partition coefficient (Wildman–Crippen LogP) is 4.45. The normalized spacial score (nSPS) is 13.6. The van der Waals surface area contributed by atoms with Gasteiger partial charge in [0.15, 0.2) is 5.78 Å². The molecule has 4 heteroatoms. The van der Waals surface area contributed by atoms with Gasteiger partial charge < -0.3 is 0 Å². The van der Waals surface area contributed by atoms with E-state index >= 15 is 0 Å². The van der Waals surface area contributed by atoms with Gasteiger partial charge in [-0.25, -0.2) is 4.39 Å². The van der Waals surface area contributed by atoms with Crippen LogP contribution in [0.25, 0.3) is 0 Å². The van der Waals surface area contributed by atoms with E-state index < -0.39 is 5.82 Å². The first-order valence-electron chi connectivity index (χ1n) is 6.23. The molecule has 0 N–H and O–H groups in total. The molecule has 0 bridgehead atoms. The van der Waals surface area contributed by atoms with Crippen molar-refractivity contribution in [3.63, 3.8) is 0 Å². The molecule has 1 aliphatic rings. The van der Waals surface area contributed by atoms with Crippen LogP contribution in [0.3, 0.4) is 0 Å². The average Bonchev–Trinajstić information content (AvgIpc) is 2.95. The van der Waals surface area contributed by atoms with E-state index in [0.29, 0.717) is 5.56 Å². The maximum absolute atomic E-state index is 13.3. The quantitative estimate of drug-likeness (QED) is 0.764. The number of carbonyl (C=O) groups is 1. The minimum Gasteiger partial charge on any atom is -0.293 e. The highest BCUT2D eigenvalue weighted by molar-refractivity contribution is 7.14. The van der Waals surface area contributed by atoms with Crippen molar-refractivity contribution in [2.75, 3.05) is 0 Å². The largest absolute Gasteiger partial charge is 0.293 e. The van der Waals surface area contributed by atoms with Crippen molar-refractivity contribution >= 4 is 28.7 Å². The molecule has 0 saturated carbocycles. The number of benzene rings is 1. The van der Waals surface area contributed by atoms with Gasteiger partial charge >= 0.3 is 0 Å². The molecule has 2 aromatic rings. The van der Waals surface area contributed by atoms with Gasteiger partial charge in [0.1, 0.15) is 5.82 Å². The topological polar surface area (TPSA) is 17.1 Å². The number of aryl methyl sites for hydroxylation is 2. The van der Waals surface area contributed by atoms with E-state index in [1.54, 1.807) is 23.5 Å². The molecular formula is C15H12ClFOS. The van der Waals surface area contributed by atoms with Gasteiger partial charge in [0.2, 0.25) is 0 Å². The zero-order valence-electron chi connectivity index (χ0n) is 10.2. The van der Waals surface area contributed by atoms with E-state index in [-0.39, 0.29) is 17.2 Å². The van der Waals surface area contributed by atoms with Crippen molar-refractivity contribution in [1.29, 1.82) is 0 Å². The van der Waals surface area contributed by atoms with Gasteiger partial charge in [0.25, 0.3) is 0 Å². The molecule has 0 spiro atoms. The summed E-state index contributed by atoms with van der Waals surface area (Å²) in [6, 6.07) is 6.57. The van der Waals surface area contributed by atoms with E-state index in [4.69, 9.17) is 11.6 Å². The van der Waals surface area contributed by atoms with Crippen molar-refractivity contribution in [2.45, 2.75) is 25.7 Å². The molecule has 1 aliphatic carbocycles. The van der Waals surface area contributed by atoms with E-state index in [1.165, 1.54) is 22.9 Å². The summed E-state index contributed by atoms with van der Waals surface area (Å²) in [5.74, 6) is -0.451. The Morgan fingerprint density at radius 1 is 1.37 bits per heavy atom. The molecule has 0 atom stereocenters. The van der Waals surface area contributed by atoms with E-state index in [9.17, 15) is 9.18 Å². The molecule has 19 heavy (non-hydrogen) atoms. The number of carbonyl (C=O) groups excluding carboxylic acids is 1. The standard InChI is InChI=1S/C15H12ClFOS/c16-15-10(4-1-5-11(15)17)7-12(18)14-8-9-3-2-6-13(9)19-14/h1,4-5,8H,2-3,6-7H2. The lowest BCUT2D eigenvalue weighted by atomic mass is 10.1. The smallest absolute Gasteiger partial charge is 0.177 e. The fraction of sp³-hybridized carbons (Fsp3) is 0.267. The highest BCUT2D eigenvalue weighted by Crippen LogP contribution is 2.31. The van der Waals surface area contributed by atoms with Crippen LogP contribution >= 0.6 is 22.9 Å². The summed E-state index contributed by atoms with van der Waals surface area (Å²) in [5, 5.41) is 0.0555. The number of halogens is 2. The molecule has 1 nitrogen and oxygen atoms in total. The fourth-order valence-electron chi connectivity index (χ4n) is 2.41. The zero-order valence-corrected chi connectivity index (χ0v) is 11.8. The zero-order chi connectivity index (χ0) is 13.4. The molecule has 0 unspecified atom stereocenters. The third-order valence-corrected chi connectivity index (χ3v) is 5.11. The van der Waals surface area contributed by atoms with E-state index in [1.807, 2.05) is 6.07 Å². The van der Waals surface area contributed by atoms with Crippen LogP contribution < -0.4 is 0 Å². The minimum absolute atomic E-state index is 0.0203. The van der Waals surface area contributed by atoms with Crippen molar-refractivity contribution in [2.24, 2.45) is 0 Å². The number of hydrogen-bond acceptors (Lipinski definition) is 2. The molecule has 0 aliphatic heterocycles. The van der Waals surface area contributed by atoms with Gasteiger partial charge in [0.05, 0.1) is 9.90 Å². The highest BCUT2D eigenvalue weighted by Gasteiger charge is 2.19. The second kappa shape index (κ2) is 5.06. The first-order chi connectivity index (χ1) is 9.15. The molecule has 3 rings (SSSR count). The molecule has 0 amide bonds. The maximum Gasteiger partial charge on any atom is 0.177 e. The first-order valence-corrected chi connectivity index (χ1v) is 7.42. The Balaban J connectivity index is 1.82. The Labute approximate surface area is 120 Å². The second-order valence-corrected chi connectivity index (χ2v) is 6.24. The molecule has 0 fully saturated rings. The fourth-order valence-corrected chi connectivity index (χ4v) is 3.80. The van der Waals surface area contributed by atoms with Crippen LogP contribution in [0.15, 0.2) is 24.3 Å². The Kier molecular flexibility index (Phi) is 3.42. The Bertz CT molecular complexity index is 626. The number of ketones is 1. The third-order valence-electron chi connectivity index (χ3n) is 3.40. The predicted molar refractivity (Wildman–Crippen MR) is 75.8 cm³/mol. The van der Waals surface area contributed by atoms with Crippen LogP contribution in [0.2, 0.25) is 5.02 Å². The number of rotatable bonds is 3. The number of thiophene rings is 1. The van der Waals surface area contributed by atoms with Crippen LogP contribution in [0, 0.1) is 5.82 Å². The van der Waals surface area contributed by atoms with Crippen LogP contribution in [0.5, 0.6) is 0 Å². The third kappa shape index (κ3) is 2.45. The first kappa shape index (κ1) is 12.8. The van der Waals surface area contributed by atoms with Gasteiger partial charge in [0, 0.05) is 11.3 Å². The average molecular weight is 295 g/mol. The SMILES string of the molecule is O=C(Cc1cccc(F)c1Cl)c1cc2c(s1)CCC2. The lowest BCUT2D eigenvalue weighted by Crippen LogP contribution is -2.02. The number of hydrogen-bond donors (Lipinski definition) is 0. The number of Topliss-reactive ketones (excluding diaryl/α,β-unsaturated/α-hetero) is 1. The van der Waals surface area contributed by atoms with Gasteiger partial charge in [-0.2, -0.15) is 0 Å². The van der Waals surface area contributed by atoms with Gasteiger partial charge in [-0.05, 0) is 42.5 Å². The molecule has 1 heterocycles. The molecule has 1 aromatic carbocycles. The summed E-state index contributed by atoms with van der Waals surface area (Å²) < 4.78 is 13.3. The summed E-state index contributed by atoms with van der Waals surface area (Å²) in [5.41, 5.74) is 1.86. The molecule has 1 aromatic heterocycles. The number of fused-ring (bicyclic) bond motifs is 1. The minimum atomic E-state index is -0.472. The monoisotopic (exact) mass is 294 g/mol. The van der Waals surface area contributed by atoms with Crippen molar-refractivity contribution in [3.05, 3.63) is 56.0 Å². The summed E-state index contributed by atoms with van der Waals surface area (Å²) >= 11 is 7.45. The lowest BCUT2D eigenvalue weighted by Gasteiger charge is -2.03. The van der Waals surface area contributed by atoms with Crippen LogP contribution in [0.4, 0.5) is 4.39 Å². The molecule has 0 radical (unpaired) electrons. The molecule has 98 valence electrons. The summed E-state index contributed by atoms with van der Waals surface area (Å²) in [6.07, 6.45) is 3.50. The van der Waals surface area contributed by atoms with Gasteiger partial charge in [-0.15, -0.1) is 11.3 Å². The van der Waals surface area contributed by atoms with Crippen molar-refractivity contribution < 1.29 is 9.18 Å².